The van der Waals surface area contributed by atoms with Crippen LogP contribution in [0.5, 0.6) is 0 Å². The lowest BCUT2D eigenvalue weighted by Gasteiger charge is -2.11. The first-order chi connectivity index (χ1) is 12.9. The van der Waals surface area contributed by atoms with Crippen LogP contribution >= 0.6 is 0 Å². The molecule has 0 atom stereocenters. The van der Waals surface area contributed by atoms with E-state index in [2.05, 4.69) is 55.5 Å². The van der Waals surface area contributed by atoms with Gasteiger partial charge in [-0.1, -0.05) is 99.7 Å². The van der Waals surface area contributed by atoms with E-state index in [0.717, 1.165) is 34.6 Å². The molecule has 0 N–H and O–H groups in total. The van der Waals surface area contributed by atoms with Crippen molar-refractivity contribution in [1.29, 1.82) is 0 Å². The van der Waals surface area contributed by atoms with Crippen LogP contribution in [0.4, 0.5) is 0 Å². The Morgan fingerprint density at radius 2 is 1.23 bits per heavy atom. The second-order valence-corrected chi connectivity index (χ2v) is 6.81. The van der Waals surface area contributed by atoms with E-state index in [0.29, 0.717) is 0 Å². The van der Waals surface area contributed by atoms with Gasteiger partial charge < -0.3 is 0 Å². The number of aryl methyl sites for hydroxylation is 1. The molecule has 134 valence electrons. The Morgan fingerprint density at radius 1 is 0.654 bits per heavy atom. The van der Waals surface area contributed by atoms with Gasteiger partial charge in [-0.15, -0.1) is 0 Å². The van der Waals surface area contributed by atoms with Gasteiger partial charge in [-0.05, 0) is 12.8 Å². The molecule has 3 rings (SSSR count). The molecule has 0 spiro atoms. The maximum absolute atomic E-state index is 4.99. The molecule has 2 heteroatoms. The van der Waals surface area contributed by atoms with E-state index in [-0.39, 0.29) is 0 Å². The van der Waals surface area contributed by atoms with E-state index in [1.54, 1.807) is 0 Å². The Labute approximate surface area is 157 Å². The molecule has 0 aliphatic rings. The third-order valence-corrected chi connectivity index (χ3v) is 4.70. The van der Waals surface area contributed by atoms with Gasteiger partial charge in [-0.3, -0.25) is 4.98 Å². The molecule has 1 heterocycles. The van der Waals surface area contributed by atoms with E-state index in [1.807, 2.05) is 18.3 Å². The van der Waals surface area contributed by atoms with Crippen molar-refractivity contribution in [2.75, 3.05) is 0 Å². The van der Waals surface area contributed by atoms with Gasteiger partial charge in [0, 0.05) is 17.3 Å². The van der Waals surface area contributed by atoms with Crippen molar-refractivity contribution in [3.8, 4) is 22.5 Å². The van der Waals surface area contributed by atoms with Gasteiger partial charge in [0.25, 0.3) is 0 Å². The summed E-state index contributed by atoms with van der Waals surface area (Å²) >= 11 is 0. The Bertz CT molecular complexity index is 782. The number of hydrogen-bond acceptors (Lipinski definition) is 2. The van der Waals surface area contributed by atoms with Crippen molar-refractivity contribution in [3.63, 3.8) is 0 Å². The van der Waals surface area contributed by atoms with Crippen LogP contribution in [-0.2, 0) is 6.42 Å². The first kappa shape index (κ1) is 18.3. The summed E-state index contributed by atoms with van der Waals surface area (Å²) in [6.45, 7) is 2.26. The predicted molar refractivity (Wildman–Crippen MR) is 110 cm³/mol. The predicted octanol–water partition coefficient (Wildman–Crippen LogP) is 6.71. The summed E-state index contributed by atoms with van der Waals surface area (Å²) in [6.07, 6.45) is 10.8. The van der Waals surface area contributed by atoms with Crippen LogP contribution in [0.25, 0.3) is 22.5 Å². The zero-order valence-electron chi connectivity index (χ0n) is 15.7. The first-order valence-corrected chi connectivity index (χ1v) is 9.85. The fourth-order valence-electron chi connectivity index (χ4n) is 3.24. The third-order valence-electron chi connectivity index (χ3n) is 4.70. The van der Waals surface area contributed by atoms with Gasteiger partial charge in [0.1, 0.15) is 0 Å². The number of benzene rings is 2. The molecular weight excluding hydrogens is 316 g/mol. The topological polar surface area (TPSA) is 25.8 Å². The Kier molecular flexibility index (Phi) is 6.95. The SMILES string of the molecule is CCCCCCCCc1cnc(-c2ccccc2)c(-c2ccccc2)n1. The summed E-state index contributed by atoms with van der Waals surface area (Å²) in [7, 11) is 0. The second kappa shape index (κ2) is 9.86. The van der Waals surface area contributed by atoms with Crippen LogP contribution in [0.15, 0.2) is 66.9 Å². The van der Waals surface area contributed by atoms with Crippen LogP contribution in [0.1, 0.15) is 51.1 Å². The zero-order chi connectivity index (χ0) is 18.0. The van der Waals surface area contributed by atoms with Crippen molar-refractivity contribution in [2.24, 2.45) is 0 Å². The van der Waals surface area contributed by atoms with Crippen molar-refractivity contribution in [1.82, 2.24) is 9.97 Å². The molecule has 0 fully saturated rings. The molecule has 1 aromatic heterocycles. The molecule has 0 saturated heterocycles. The van der Waals surface area contributed by atoms with Crippen molar-refractivity contribution >= 4 is 0 Å². The minimum atomic E-state index is 0.962. The molecule has 0 unspecified atom stereocenters. The highest BCUT2D eigenvalue weighted by atomic mass is 14.8. The van der Waals surface area contributed by atoms with Crippen LogP contribution in [0.2, 0.25) is 0 Å². The van der Waals surface area contributed by atoms with Gasteiger partial charge in [-0.25, -0.2) is 4.98 Å². The lowest BCUT2D eigenvalue weighted by molar-refractivity contribution is 0.604. The summed E-state index contributed by atoms with van der Waals surface area (Å²) in [5.41, 5.74) is 5.29. The Balaban J connectivity index is 1.79. The standard InChI is InChI=1S/C24H28N2/c1-2-3-4-5-6-13-18-22-19-25-23(20-14-9-7-10-15-20)24(26-22)21-16-11-8-12-17-21/h7-12,14-17,19H,2-6,13,18H2,1H3. The largest absolute Gasteiger partial charge is 0.252 e. The number of rotatable bonds is 9. The van der Waals surface area contributed by atoms with E-state index < -0.39 is 0 Å². The molecule has 0 aliphatic heterocycles. The fraction of sp³-hybridized carbons (Fsp3) is 0.333. The third kappa shape index (κ3) is 5.01. The summed E-state index contributed by atoms with van der Waals surface area (Å²) in [4.78, 5) is 9.78. The van der Waals surface area contributed by atoms with Gasteiger partial charge >= 0.3 is 0 Å². The fourth-order valence-corrected chi connectivity index (χ4v) is 3.24. The van der Waals surface area contributed by atoms with Crippen LogP contribution in [0.3, 0.4) is 0 Å². The van der Waals surface area contributed by atoms with E-state index in [4.69, 9.17) is 9.97 Å². The molecule has 3 aromatic rings. The maximum atomic E-state index is 4.99. The molecule has 0 amide bonds. The van der Waals surface area contributed by atoms with Gasteiger partial charge in [-0.2, -0.15) is 0 Å². The lowest BCUT2D eigenvalue weighted by Crippen LogP contribution is -1.99. The summed E-state index contributed by atoms with van der Waals surface area (Å²) in [5.74, 6) is 0. The Morgan fingerprint density at radius 3 is 1.88 bits per heavy atom. The minimum Gasteiger partial charge on any atom is -0.252 e. The average Bonchev–Trinajstić information content (AvgIpc) is 2.72. The number of hydrogen-bond donors (Lipinski definition) is 0. The quantitative estimate of drug-likeness (QED) is 0.403. The van der Waals surface area contributed by atoms with Gasteiger partial charge in [0.2, 0.25) is 0 Å². The van der Waals surface area contributed by atoms with Gasteiger partial charge in [0.05, 0.1) is 17.1 Å². The van der Waals surface area contributed by atoms with Crippen molar-refractivity contribution in [2.45, 2.75) is 51.9 Å². The molecule has 0 saturated carbocycles. The van der Waals surface area contributed by atoms with Crippen LogP contribution < -0.4 is 0 Å². The smallest absolute Gasteiger partial charge is 0.0968 e. The van der Waals surface area contributed by atoms with Crippen molar-refractivity contribution in [3.05, 3.63) is 72.6 Å². The molecule has 0 radical (unpaired) electrons. The normalized spacial score (nSPS) is 10.8. The van der Waals surface area contributed by atoms with E-state index in [9.17, 15) is 0 Å². The molecule has 2 nitrogen and oxygen atoms in total. The summed E-state index contributed by atoms with van der Waals surface area (Å²) in [6, 6.07) is 20.7. The summed E-state index contributed by atoms with van der Waals surface area (Å²) in [5, 5.41) is 0. The average molecular weight is 345 g/mol. The van der Waals surface area contributed by atoms with E-state index in [1.165, 1.54) is 38.5 Å². The summed E-state index contributed by atoms with van der Waals surface area (Å²) < 4.78 is 0. The zero-order valence-corrected chi connectivity index (χ0v) is 15.7. The number of aromatic nitrogens is 2. The maximum Gasteiger partial charge on any atom is 0.0968 e. The second-order valence-electron chi connectivity index (χ2n) is 6.81. The van der Waals surface area contributed by atoms with Crippen LogP contribution in [0, 0.1) is 0 Å². The molecule has 26 heavy (non-hydrogen) atoms. The van der Waals surface area contributed by atoms with E-state index >= 15 is 0 Å². The Hall–Kier alpha value is -2.48. The number of unbranched alkanes of at least 4 members (excludes halogenated alkanes) is 5. The molecule has 0 aliphatic carbocycles. The highest BCUT2D eigenvalue weighted by Crippen LogP contribution is 2.28. The van der Waals surface area contributed by atoms with Gasteiger partial charge in [0.15, 0.2) is 0 Å². The molecule has 2 aromatic carbocycles. The number of nitrogens with zero attached hydrogens (tertiary/aromatic N) is 2. The minimum absolute atomic E-state index is 0.962. The molecular formula is C24H28N2. The van der Waals surface area contributed by atoms with Crippen LogP contribution in [-0.4, -0.2) is 9.97 Å². The highest BCUT2D eigenvalue weighted by Gasteiger charge is 2.11. The monoisotopic (exact) mass is 344 g/mol. The first-order valence-electron chi connectivity index (χ1n) is 9.85. The lowest BCUT2D eigenvalue weighted by atomic mass is 10.0. The van der Waals surface area contributed by atoms with Crippen molar-refractivity contribution < 1.29 is 0 Å². The molecule has 0 bridgehead atoms. The highest BCUT2D eigenvalue weighted by molar-refractivity contribution is 5.77.